The number of hydrogen-bond acceptors (Lipinski definition) is 5. The van der Waals surface area contributed by atoms with Crippen LogP contribution >= 0.6 is 23.9 Å². The summed E-state index contributed by atoms with van der Waals surface area (Å²) in [4.78, 5) is 29.2. The molecule has 1 aliphatic heterocycles. The van der Waals surface area contributed by atoms with Crippen LogP contribution in [0.5, 0.6) is 0 Å². The van der Waals surface area contributed by atoms with E-state index in [2.05, 4.69) is 14.3 Å². The summed E-state index contributed by atoms with van der Waals surface area (Å²) in [5.41, 5.74) is 1.37. The highest BCUT2D eigenvalue weighted by Crippen LogP contribution is 2.59. The Hall–Kier alpha value is -2.43. The molecule has 0 bridgehead atoms. The fraction of sp³-hybridized carbons (Fsp3) is 0.435. The smallest absolute Gasteiger partial charge is 0.302 e. The molecule has 3 aromatic rings. The van der Waals surface area contributed by atoms with Crippen LogP contribution in [-0.2, 0) is 18.1 Å². The van der Waals surface area contributed by atoms with E-state index in [1.54, 1.807) is 23.7 Å². The van der Waals surface area contributed by atoms with Crippen LogP contribution in [0.2, 0.25) is 0 Å². The summed E-state index contributed by atoms with van der Waals surface area (Å²) < 4.78 is 44.3. The van der Waals surface area contributed by atoms with Gasteiger partial charge in [-0.2, -0.15) is 17.5 Å². The number of nitrogens with one attached hydrogen (secondary N) is 1. The summed E-state index contributed by atoms with van der Waals surface area (Å²) in [6.07, 6.45) is -0.990. The highest BCUT2D eigenvalue weighted by atomic mass is 35.5. The summed E-state index contributed by atoms with van der Waals surface area (Å²) >= 11 is 1.27. The molecule has 1 saturated carbocycles. The number of H-pyrrole nitrogens is 1. The second-order valence-electron chi connectivity index (χ2n) is 9.03. The van der Waals surface area contributed by atoms with Crippen molar-refractivity contribution >= 4 is 23.9 Å². The van der Waals surface area contributed by atoms with E-state index in [0.717, 1.165) is 49.3 Å². The van der Waals surface area contributed by atoms with Crippen molar-refractivity contribution < 1.29 is 13.2 Å². The molecule has 2 fully saturated rings. The third kappa shape index (κ3) is 4.46. The van der Waals surface area contributed by atoms with Gasteiger partial charge >= 0.3 is 11.9 Å². The quantitative estimate of drug-likeness (QED) is 0.540. The van der Waals surface area contributed by atoms with Crippen molar-refractivity contribution in [2.75, 3.05) is 19.6 Å². The van der Waals surface area contributed by atoms with E-state index in [1.807, 2.05) is 6.92 Å². The zero-order valence-corrected chi connectivity index (χ0v) is 20.0. The van der Waals surface area contributed by atoms with Crippen LogP contribution < -0.4 is 11.2 Å². The van der Waals surface area contributed by atoms with Crippen LogP contribution in [0.4, 0.5) is 13.2 Å². The predicted molar refractivity (Wildman–Crippen MR) is 127 cm³/mol. The Morgan fingerprint density at radius 3 is 2.56 bits per heavy atom. The summed E-state index contributed by atoms with van der Waals surface area (Å²) in [5.74, 6) is 0.464. The third-order valence-corrected chi connectivity index (χ3v) is 7.65. The minimum atomic E-state index is -4.32. The maximum Gasteiger partial charge on any atom is 0.416 e. The molecular weight excluding hydrogens is 489 g/mol. The fourth-order valence-electron chi connectivity index (χ4n) is 5.08. The second kappa shape index (κ2) is 8.98. The number of benzene rings is 1. The zero-order valence-electron chi connectivity index (χ0n) is 18.4. The van der Waals surface area contributed by atoms with Crippen LogP contribution in [-0.4, -0.2) is 38.5 Å². The van der Waals surface area contributed by atoms with E-state index >= 15 is 0 Å². The standard InChI is InChI=1S/C23H23F3N4O2S.ClH/c1-14-19(12-33-28-14)18-11-30(21(32)27-20(18)31)8-2-7-29-10-17-9-22(17,13-29)15-3-5-16(6-4-15)23(24,25)26;/h3-6,11-12,17H,2,7-10,13H2,1H3,(H,27,31,32);1H/t17-,22+;/m0./s1. The number of fused-ring (bicyclic) bond motifs is 1. The van der Waals surface area contributed by atoms with E-state index < -0.39 is 23.0 Å². The Bertz CT molecular complexity index is 1300. The molecule has 3 heterocycles. The van der Waals surface area contributed by atoms with Crippen LogP contribution in [0.25, 0.3) is 11.1 Å². The first-order chi connectivity index (χ1) is 15.7. The van der Waals surface area contributed by atoms with Gasteiger partial charge in [0.05, 0.1) is 16.8 Å². The van der Waals surface area contributed by atoms with Gasteiger partial charge in [0, 0.05) is 42.2 Å². The molecule has 182 valence electrons. The van der Waals surface area contributed by atoms with Gasteiger partial charge in [-0.15, -0.1) is 12.4 Å². The summed E-state index contributed by atoms with van der Waals surface area (Å²) in [6.45, 7) is 4.79. The molecule has 11 heteroatoms. The average Bonchev–Trinajstić information content (AvgIpc) is 3.09. The Labute approximate surface area is 204 Å². The number of nitrogens with zero attached hydrogens (tertiary/aromatic N) is 3. The van der Waals surface area contributed by atoms with Gasteiger partial charge < -0.3 is 4.90 Å². The normalized spacial score (nSPS) is 21.8. The highest BCUT2D eigenvalue weighted by Gasteiger charge is 2.60. The van der Waals surface area contributed by atoms with E-state index in [9.17, 15) is 22.8 Å². The number of aryl methyl sites for hydroxylation is 2. The van der Waals surface area contributed by atoms with Crippen molar-refractivity contribution in [3.63, 3.8) is 0 Å². The van der Waals surface area contributed by atoms with Crippen molar-refractivity contribution in [1.29, 1.82) is 0 Å². The lowest BCUT2D eigenvalue weighted by Gasteiger charge is -2.21. The molecule has 6 nitrogen and oxygen atoms in total. The number of likely N-dealkylation sites (tertiary alicyclic amines) is 1. The second-order valence-corrected chi connectivity index (χ2v) is 9.66. The van der Waals surface area contributed by atoms with E-state index in [1.165, 1.54) is 28.2 Å². The molecule has 1 aliphatic carbocycles. The van der Waals surface area contributed by atoms with Crippen molar-refractivity contribution in [2.45, 2.75) is 37.9 Å². The lowest BCUT2D eigenvalue weighted by Crippen LogP contribution is -2.32. The molecule has 0 amide bonds. The van der Waals surface area contributed by atoms with Gasteiger partial charge in [0.25, 0.3) is 5.56 Å². The number of piperidine rings is 1. The average molecular weight is 513 g/mol. The van der Waals surface area contributed by atoms with Gasteiger partial charge in [-0.3, -0.25) is 14.3 Å². The Morgan fingerprint density at radius 1 is 1.18 bits per heavy atom. The molecule has 5 rings (SSSR count). The van der Waals surface area contributed by atoms with Crippen molar-refractivity contribution in [1.82, 2.24) is 18.8 Å². The van der Waals surface area contributed by atoms with Crippen LogP contribution in [0, 0.1) is 12.8 Å². The molecule has 0 unspecified atom stereocenters. The highest BCUT2D eigenvalue weighted by molar-refractivity contribution is 7.04. The number of hydrogen-bond donors (Lipinski definition) is 1. The number of halogens is 4. The number of rotatable bonds is 6. The summed E-state index contributed by atoms with van der Waals surface area (Å²) in [6, 6.07) is 5.59. The maximum absolute atomic E-state index is 12.9. The molecule has 2 aromatic heterocycles. The monoisotopic (exact) mass is 512 g/mol. The number of aromatic amines is 1. The minimum absolute atomic E-state index is 0. The number of aromatic nitrogens is 3. The topological polar surface area (TPSA) is 71.0 Å². The van der Waals surface area contributed by atoms with Gasteiger partial charge in [-0.05, 0) is 61.5 Å². The Balaban J connectivity index is 0.00000274. The van der Waals surface area contributed by atoms with Crippen LogP contribution in [0.3, 0.4) is 0 Å². The van der Waals surface area contributed by atoms with Crippen LogP contribution in [0.15, 0.2) is 45.4 Å². The molecule has 2 atom stereocenters. The minimum Gasteiger partial charge on any atom is -0.302 e. The van der Waals surface area contributed by atoms with Crippen molar-refractivity contribution in [2.24, 2.45) is 5.92 Å². The molecule has 0 radical (unpaired) electrons. The SMILES string of the molecule is Cc1nscc1-c1cn(CCCN2C[C@@H]3C[C@]3(c3ccc(C(F)(F)F)cc3)C2)c(=O)[nH]c1=O.Cl. The van der Waals surface area contributed by atoms with Gasteiger partial charge in [0.15, 0.2) is 0 Å². The molecule has 0 spiro atoms. The molecule has 1 aromatic carbocycles. The Morgan fingerprint density at radius 2 is 1.91 bits per heavy atom. The first-order valence-electron chi connectivity index (χ1n) is 10.8. The van der Waals surface area contributed by atoms with Gasteiger partial charge in [0.1, 0.15) is 0 Å². The molecule has 2 aliphatic rings. The fourth-order valence-corrected chi connectivity index (χ4v) is 5.79. The van der Waals surface area contributed by atoms with Crippen LogP contribution in [0.1, 0.15) is 29.7 Å². The predicted octanol–water partition coefficient (Wildman–Crippen LogP) is 4.07. The molecular formula is C23H24ClF3N4O2S. The van der Waals surface area contributed by atoms with E-state index in [4.69, 9.17) is 0 Å². The van der Waals surface area contributed by atoms with E-state index in [-0.39, 0.29) is 17.8 Å². The first kappa shape index (κ1) is 24.7. The zero-order chi connectivity index (χ0) is 23.4. The third-order valence-electron chi connectivity index (χ3n) is 6.93. The van der Waals surface area contributed by atoms with Gasteiger partial charge in [-0.25, -0.2) is 4.79 Å². The molecule has 1 N–H and O–H groups in total. The maximum atomic E-state index is 12.9. The van der Waals surface area contributed by atoms with E-state index in [0.29, 0.717) is 18.0 Å². The Kier molecular flexibility index (Phi) is 6.52. The lowest BCUT2D eigenvalue weighted by molar-refractivity contribution is -0.137. The summed E-state index contributed by atoms with van der Waals surface area (Å²) in [7, 11) is 0. The van der Waals surface area contributed by atoms with Crippen molar-refractivity contribution in [3.8, 4) is 11.1 Å². The van der Waals surface area contributed by atoms with Gasteiger partial charge in [0.2, 0.25) is 0 Å². The largest absolute Gasteiger partial charge is 0.416 e. The summed E-state index contributed by atoms with van der Waals surface area (Å²) in [5, 5.41) is 1.80. The first-order valence-corrected chi connectivity index (χ1v) is 11.7. The van der Waals surface area contributed by atoms with Crippen molar-refractivity contribution in [3.05, 3.63) is 73.5 Å². The van der Waals surface area contributed by atoms with Gasteiger partial charge in [-0.1, -0.05) is 12.1 Å². The lowest BCUT2D eigenvalue weighted by atomic mass is 9.94. The molecule has 1 saturated heterocycles. The number of alkyl halides is 3. The molecule has 34 heavy (non-hydrogen) atoms.